The number of para-hydroxylation sites is 1. The lowest BCUT2D eigenvalue weighted by Gasteiger charge is -2.17. The van der Waals surface area contributed by atoms with Crippen LogP contribution in [-0.2, 0) is 27.7 Å². The zero-order chi connectivity index (χ0) is 24.4. The molecule has 0 spiro atoms. The monoisotopic (exact) mass is 488 g/mol. The summed E-state index contributed by atoms with van der Waals surface area (Å²) >= 11 is 0. The van der Waals surface area contributed by atoms with Gasteiger partial charge in [0.2, 0.25) is 15.9 Å². The van der Waals surface area contributed by atoms with Crippen molar-refractivity contribution in [3.05, 3.63) is 53.6 Å². The maximum Gasteiger partial charge on any atom is 0.243 e. The third kappa shape index (κ3) is 6.96. The van der Waals surface area contributed by atoms with E-state index in [4.69, 9.17) is 9.47 Å². The molecular weight excluding hydrogens is 452 g/mol. The molecule has 1 heterocycles. The van der Waals surface area contributed by atoms with Crippen LogP contribution in [0.4, 0.5) is 0 Å². The Morgan fingerprint density at radius 3 is 2.53 bits per heavy atom. The van der Waals surface area contributed by atoms with Crippen molar-refractivity contribution in [2.75, 3.05) is 33.4 Å². The smallest absolute Gasteiger partial charge is 0.243 e. The molecule has 34 heavy (non-hydrogen) atoms. The van der Waals surface area contributed by atoms with Gasteiger partial charge >= 0.3 is 0 Å². The van der Waals surface area contributed by atoms with E-state index in [-0.39, 0.29) is 17.2 Å². The number of nitrogens with one attached hydrogen (secondary N) is 1. The van der Waals surface area contributed by atoms with Crippen LogP contribution >= 0.6 is 0 Å². The first kappa shape index (κ1) is 26.0. The molecule has 2 aromatic rings. The minimum Gasteiger partial charge on any atom is -0.496 e. The van der Waals surface area contributed by atoms with E-state index in [1.165, 1.54) is 4.31 Å². The molecule has 1 fully saturated rings. The van der Waals surface area contributed by atoms with E-state index < -0.39 is 10.0 Å². The van der Waals surface area contributed by atoms with Gasteiger partial charge in [0, 0.05) is 26.1 Å². The molecule has 1 aliphatic rings. The lowest BCUT2D eigenvalue weighted by molar-refractivity contribution is -0.121. The Hall–Kier alpha value is -2.58. The van der Waals surface area contributed by atoms with Gasteiger partial charge in [0.05, 0.1) is 18.6 Å². The summed E-state index contributed by atoms with van der Waals surface area (Å²) in [7, 11) is -1.96. The number of carbonyl (C=O) groups excluding carboxylic acids is 1. The molecule has 2 aromatic carbocycles. The van der Waals surface area contributed by atoms with Crippen molar-refractivity contribution in [3.63, 3.8) is 0 Å². The van der Waals surface area contributed by atoms with E-state index in [0.29, 0.717) is 38.4 Å². The number of aryl methyl sites for hydroxylation is 2. The van der Waals surface area contributed by atoms with Crippen molar-refractivity contribution in [1.29, 1.82) is 0 Å². The Kier molecular flexibility index (Phi) is 9.77. The zero-order valence-electron chi connectivity index (χ0n) is 20.2. The van der Waals surface area contributed by atoms with Crippen LogP contribution in [0.1, 0.15) is 50.2 Å². The molecule has 1 aliphatic heterocycles. The number of hydrogen-bond acceptors (Lipinski definition) is 5. The molecule has 0 radical (unpaired) electrons. The van der Waals surface area contributed by atoms with Gasteiger partial charge in [0.1, 0.15) is 11.5 Å². The highest BCUT2D eigenvalue weighted by Crippen LogP contribution is 2.27. The standard InChI is InChI=1S/C26H36N2O5S/c1-3-19-33-25-11-5-4-9-21(25)10-8-16-27-26(29)15-12-22-20-23(13-14-24(22)32-2)34(30,31)28-17-6-7-18-28/h4-5,9,11,13-14,20H,3,6-8,10,12,15-19H2,1-2H3,(H,27,29). The number of benzene rings is 2. The molecule has 0 aliphatic carbocycles. The maximum absolute atomic E-state index is 12.9. The van der Waals surface area contributed by atoms with Crippen LogP contribution < -0.4 is 14.8 Å². The molecule has 186 valence electrons. The molecule has 1 N–H and O–H groups in total. The number of hydrogen-bond donors (Lipinski definition) is 1. The second-order valence-electron chi connectivity index (χ2n) is 8.49. The summed E-state index contributed by atoms with van der Waals surface area (Å²) < 4.78 is 38.5. The average Bonchev–Trinajstić information content (AvgIpc) is 3.40. The lowest BCUT2D eigenvalue weighted by atomic mass is 10.1. The summed E-state index contributed by atoms with van der Waals surface area (Å²) in [5.41, 5.74) is 1.87. The number of carbonyl (C=O) groups is 1. The average molecular weight is 489 g/mol. The summed E-state index contributed by atoms with van der Waals surface area (Å²) in [5.74, 6) is 1.44. The van der Waals surface area contributed by atoms with Crippen LogP contribution in [0.25, 0.3) is 0 Å². The van der Waals surface area contributed by atoms with Gasteiger partial charge in [-0.05, 0) is 73.9 Å². The van der Waals surface area contributed by atoms with Gasteiger partial charge in [-0.2, -0.15) is 4.31 Å². The molecule has 1 amide bonds. The first-order valence-electron chi connectivity index (χ1n) is 12.1. The van der Waals surface area contributed by atoms with Crippen molar-refractivity contribution < 1.29 is 22.7 Å². The van der Waals surface area contributed by atoms with E-state index in [0.717, 1.165) is 49.0 Å². The third-order valence-corrected chi connectivity index (χ3v) is 7.85. The number of nitrogens with zero attached hydrogens (tertiary/aromatic N) is 1. The number of methoxy groups -OCH3 is 1. The molecule has 0 bridgehead atoms. The van der Waals surface area contributed by atoms with Crippen LogP contribution in [0, 0.1) is 0 Å². The van der Waals surface area contributed by atoms with Crippen LogP contribution in [0.2, 0.25) is 0 Å². The Labute approximate surface area is 203 Å². The van der Waals surface area contributed by atoms with E-state index >= 15 is 0 Å². The highest BCUT2D eigenvalue weighted by molar-refractivity contribution is 7.89. The second kappa shape index (κ2) is 12.8. The highest BCUT2D eigenvalue weighted by atomic mass is 32.2. The molecule has 0 unspecified atom stereocenters. The van der Waals surface area contributed by atoms with Gasteiger partial charge in [-0.3, -0.25) is 4.79 Å². The van der Waals surface area contributed by atoms with Crippen molar-refractivity contribution in [1.82, 2.24) is 9.62 Å². The Balaban J connectivity index is 1.51. The lowest BCUT2D eigenvalue weighted by Crippen LogP contribution is -2.28. The first-order chi connectivity index (χ1) is 16.5. The molecule has 7 nitrogen and oxygen atoms in total. The maximum atomic E-state index is 12.9. The molecular formula is C26H36N2O5S. The van der Waals surface area contributed by atoms with E-state index in [1.54, 1.807) is 25.3 Å². The zero-order valence-corrected chi connectivity index (χ0v) is 21.0. The molecule has 8 heteroatoms. The van der Waals surface area contributed by atoms with Gasteiger partial charge in [-0.15, -0.1) is 0 Å². The van der Waals surface area contributed by atoms with E-state index in [2.05, 4.69) is 18.3 Å². The minimum atomic E-state index is -3.51. The fourth-order valence-electron chi connectivity index (χ4n) is 4.09. The SMILES string of the molecule is CCCOc1ccccc1CCCNC(=O)CCc1cc(S(=O)(=O)N2CCCC2)ccc1OC. The molecule has 0 saturated carbocycles. The Bertz CT molecular complexity index is 1050. The van der Waals surface area contributed by atoms with Gasteiger partial charge in [0.25, 0.3) is 0 Å². The normalized spacial score (nSPS) is 14.2. The summed E-state index contributed by atoms with van der Waals surface area (Å²) in [6.45, 7) is 4.46. The molecule has 3 rings (SSSR count). The fraction of sp³-hybridized carbons (Fsp3) is 0.500. The Morgan fingerprint density at radius 1 is 1.03 bits per heavy atom. The van der Waals surface area contributed by atoms with Crippen LogP contribution in [-0.4, -0.2) is 52.0 Å². The van der Waals surface area contributed by atoms with Crippen LogP contribution in [0.5, 0.6) is 11.5 Å². The predicted octanol–water partition coefficient (Wildman–Crippen LogP) is 3.95. The van der Waals surface area contributed by atoms with E-state index in [9.17, 15) is 13.2 Å². The summed E-state index contributed by atoms with van der Waals surface area (Å²) in [6, 6.07) is 12.9. The number of sulfonamides is 1. The van der Waals surface area contributed by atoms with Crippen LogP contribution in [0.3, 0.4) is 0 Å². The number of amides is 1. The molecule has 0 aromatic heterocycles. The summed E-state index contributed by atoms with van der Waals surface area (Å²) in [6.07, 6.45) is 5.04. The van der Waals surface area contributed by atoms with Crippen molar-refractivity contribution >= 4 is 15.9 Å². The Morgan fingerprint density at radius 2 is 1.79 bits per heavy atom. The third-order valence-electron chi connectivity index (χ3n) is 5.96. The quantitative estimate of drug-likeness (QED) is 0.432. The van der Waals surface area contributed by atoms with Crippen molar-refractivity contribution in [2.45, 2.75) is 56.8 Å². The van der Waals surface area contributed by atoms with Gasteiger partial charge in [0.15, 0.2) is 0 Å². The number of ether oxygens (including phenoxy) is 2. The first-order valence-corrected chi connectivity index (χ1v) is 13.5. The largest absolute Gasteiger partial charge is 0.496 e. The highest BCUT2D eigenvalue weighted by Gasteiger charge is 2.27. The minimum absolute atomic E-state index is 0.0645. The van der Waals surface area contributed by atoms with Gasteiger partial charge in [-0.1, -0.05) is 25.1 Å². The van der Waals surface area contributed by atoms with E-state index in [1.807, 2.05) is 18.2 Å². The fourth-order valence-corrected chi connectivity index (χ4v) is 5.66. The summed E-state index contributed by atoms with van der Waals surface area (Å²) in [4.78, 5) is 12.7. The van der Waals surface area contributed by atoms with Gasteiger partial charge < -0.3 is 14.8 Å². The molecule has 1 saturated heterocycles. The predicted molar refractivity (Wildman–Crippen MR) is 133 cm³/mol. The number of rotatable bonds is 13. The molecule has 0 atom stereocenters. The van der Waals surface area contributed by atoms with Crippen molar-refractivity contribution in [3.8, 4) is 11.5 Å². The van der Waals surface area contributed by atoms with Gasteiger partial charge in [-0.25, -0.2) is 8.42 Å². The topological polar surface area (TPSA) is 84.9 Å². The van der Waals surface area contributed by atoms with Crippen molar-refractivity contribution in [2.24, 2.45) is 0 Å². The van der Waals surface area contributed by atoms with Crippen LogP contribution in [0.15, 0.2) is 47.4 Å². The summed E-state index contributed by atoms with van der Waals surface area (Å²) in [5, 5.41) is 2.97. The second-order valence-corrected chi connectivity index (χ2v) is 10.4.